The van der Waals surface area contributed by atoms with Crippen molar-refractivity contribution in [2.24, 2.45) is 5.10 Å². The van der Waals surface area contributed by atoms with Gasteiger partial charge in [0.2, 0.25) is 0 Å². The summed E-state index contributed by atoms with van der Waals surface area (Å²) in [5.74, 6) is 1.92. The highest BCUT2D eigenvalue weighted by Crippen LogP contribution is 2.38. The Labute approximate surface area is 188 Å². The molecule has 0 fully saturated rings. The molecule has 31 heavy (non-hydrogen) atoms. The molecule has 156 valence electrons. The van der Waals surface area contributed by atoms with Gasteiger partial charge in [0.05, 0.1) is 6.54 Å². The standard InChI is InChI=1S/C22H20ClN7S/c1-12-13(2)31-21-18(12)19(15-6-8-17(23)9-7-15)28-29(22-27-26-14(3)30(21)22)11-16-5-4-10-25-20(16)24/h4-10H,11H2,1-3H3,(H2,24,25). The van der Waals surface area contributed by atoms with Crippen molar-refractivity contribution >= 4 is 40.4 Å². The molecule has 4 heterocycles. The predicted octanol–water partition coefficient (Wildman–Crippen LogP) is 4.66. The Morgan fingerprint density at radius 1 is 1.06 bits per heavy atom. The van der Waals surface area contributed by atoms with E-state index in [1.807, 2.05) is 48.3 Å². The lowest BCUT2D eigenvalue weighted by atomic mass is 10.00. The van der Waals surface area contributed by atoms with Gasteiger partial charge in [-0.3, -0.25) is 4.57 Å². The summed E-state index contributed by atoms with van der Waals surface area (Å²) in [7, 11) is 0. The van der Waals surface area contributed by atoms with Crippen LogP contribution in [0.3, 0.4) is 0 Å². The Morgan fingerprint density at radius 2 is 1.84 bits per heavy atom. The number of hydrogen-bond donors (Lipinski definition) is 1. The van der Waals surface area contributed by atoms with E-state index in [9.17, 15) is 0 Å². The number of halogens is 1. The summed E-state index contributed by atoms with van der Waals surface area (Å²) in [6, 6.07) is 11.6. The van der Waals surface area contributed by atoms with Crippen molar-refractivity contribution < 1.29 is 0 Å². The van der Waals surface area contributed by atoms with Gasteiger partial charge in [-0.25, -0.2) is 9.99 Å². The number of thiophene rings is 1. The van der Waals surface area contributed by atoms with Crippen LogP contribution in [-0.4, -0.2) is 25.5 Å². The van der Waals surface area contributed by atoms with Crippen molar-refractivity contribution in [2.75, 3.05) is 10.7 Å². The second-order valence-corrected chi connectivity index (χ2v) is 9.05. The van der Waals surface area contributed by atoms with Gasteiger partial charge in [-0.2, -0.15) is 5.10 Å². The molecular formula is C22H20ClN7S. The highest BCUT2D eigenvalue weighted by Gasteiger charge is 2.30. The highest BCUT2D eigenvalue weighted by atomic mass is 35.5. The van der Waals surface area contributed by atoms with Crippen LogP contribution in [0.2, 0.25) is 5.02 Å². The zero-order valence-corrected chi connectivity index (χ0v) is 18.9. The van der Waals surface area contributed by atoms with Gasteiger partial charge in [0.1, 0.15) is 22.4 Å². The second-order valence-electron chi connectivity index (χ2n) is 7.41. The monoisotopic (exact) mass is 449 g/mol. The molecule has 0 atom stereocenters. The van der Waals surface area contributed by atoms with Gasteiger partial charge in [-0.05, 0) is 44.5 Å². The molecule has 3 aromatic heterocycles. The van der Waals surface area contributed by atoms with E-state index in [1.165, 1.54) is 10.4 Å². The van der Waals surface area contributed by atoms with Crippen LogP contribution >= 0.6 is 22.9 Å². The van der Waals surface area contributed by atoms with Crippen LogP contribution in [0.1, 0.15) is 33.0 Å². The molecule has 0 aliphatic carbocycles. The van der Waals surface area contributed by atoms with Crippen LogP contribution in [0.5, 0.6) is 0 Å². The molecule has 1 aliphatic rings. The Morgan fingerprint density at radius 3 is 2.58 bits per heavy atom. The maximum absolute atomic E-state index is 6.16. The lowest BCUT2D eigenvalue weighted by Crippen LogP contribution is -2.21. The molecule has 2 N–H and O–H groups in total. The molecule has 0 unspecified atom stereocenters. The first-order valence-electron chi connectivity index (χ1n) is 9.78. The van der Waals surface area contributed by atoms with Crippen molar-refractivity contribution in [2.45, 2.75) is 27.3 Å². The van der Waals surface area contributed by atoms with E-state index < -0.39 is 0 Å². The predicted molar refractivity (Wildman–Crippen MR) is 125 cm³/mol. The Hall–Kier alpha value is -3.23. The first kappa shape index (κ1) is 19.7. The maximum Gasteiger partial charge on any atom is 0.253 e. The average molecular weight is 450 g/mol. The Balaban J connectivity index is 1.77. The molecule has 0 radical (unpaired) electrons. The minimum absolute atomic E-state index is 0.419. The number of nitrogen functional groups attached to an aromatic ring is 1. The number of fused-ring (bicyclic) bond motifs is 3. The van der Waals surface area contributed by atoms with Crippen molar-refractivity contribution in [1.29, 1.82) is 0 Å². The number of nitrogens with zero attached hydrogens (tertiary/aromatic N) is 6. The number of hydrogen-bond acceptors (Lipinski definition) is 7. The summed E-state index contributed by atoms with van der Waals surface area (Å²) < 4.78 is 2.07. The number of pyridine rings is 1. The van der Waals surface area contributed by atoms with Crippen LogP contribution in [0, 0.1) is 20.8 Å². The third kappa shape index (κ3) is 3.28. The zero-order chi connectivity index (χ0) is 21.7. The number of anilines is 2. The van der Waals surface area contributed by atoms with Gasteiger partial charge in [0, 0.05) is 32.8 Å². The Kier molecular flexibility index (Phi) is 4.75. The number of hydrazone groups is 1. The lowest BCUT2D eigenvalue weighted by Gasteiger charge is -2.18. The molecule has 0 amide bonds. The number of nitrogens with two attached hydrogens (primary N) is 1. The maximum atomic E-state index is 6.16. The summed E-state index contributed by atoms with van der Waals surface area (Å²) >= 11 is 7.87. The van der Waals surface area contributed by atoms with Gasteiger partial charge in [-0.1, -0.05) is 29.8 Å². The number of aryl methyl sites for hydroxylation is 2. The minimum atomic E-state index is 0.419. The zero-order valence-electron chi connectivity index (χ0n) is 17.3. The van der Waals surface area contributed by atoms with E-state index in [4.69, 9.17) is 22.4 Å². The molecule has 0 bridgehead atoms. The fourth-order valence-electron chi connectivity index (χ4n) is 3.68. The molecule has 5 rings (SSSR count). The molecule has 9 heteroatoms. The third-order valence-electron chi connectivity index (χ3n) is 5.43. The molecule has 1 aromatic carbocycles. The average Bonchev–Trinajstić information content (AvgIpc) is 3.22. The molecule has 7 nitrogen and oxygen atoms in total. The molecule has 1 aliphatic heterocycles. The third-order valence-corrected chi connectivity index (χ3v) is 6.87. The smallest absolute Gasteiger partial charge is 0.253 e. The van der Waals surface area contributed by atoms with Gasteiger partial charge >= 0.3 is 0 Å². The second kappa shape index (κ2) is 7.47. The fraction of sp³-hybridized carbons (Fsp3) is 0.182. The van der Waals surface area contributed by atoms with Crippen LogP contribution in [0.4, 0.5) is 11.8 Å². The van der Waals surface area contributed by atoms with E-state index in [-0.39, 0.29) is 0 Å². The number of benzene rings is 1. The normalized spacial score (nSPS) is 12.9. The van der Waals surface area contributed by atoms with Gasteiger partial charge in [-0.15, -0.1) is 21.5 Å². The summed E-state index contributed by atoms with van der Waals surface area (Å²) in [5, 5.41) is 17.5. The van der Waals surface area contributed by atoms with Crippen LogP contribution in [0.15, 0.2) is 47.7 Å². The van der Waals surface area contributed by atoms with Gasteiger partial charge in [0.25, 0.3) is 5.95 Å². The fourth-order valence-corrected chi connectivity index (χ4v) is 5.01. The van der Waals surface area contributed by atoms with Crippen LogP contribution < -0.4 is 10.7 Å². The van der Waals surface area contributed by atoms with Gasteiger partial charge in [0.15, 0.2) is 0 Å². The van der Waals surface area contributed by atoms with Crippen LogP contribution in [0.25, 0.3) is 5.00 Å². The molecule has 0 saturated carbocycles. The van der Waals surface area contributed by atoms with Crippen molar-refractivity contribution in [1.82, 2.24) is 19.7 Å². The van der Waals surface area contributed by atoms with Gasteiger partial charge < -0.3 is 5.73 Å². The number of rotatable bonds is 3. The molecule has 4 aromatic rings. The molecule has 0 spiro atoms. The molecule has 0 saturated heterocycles. The number of aromatic nitrogens is 4. The summed E-state index contributed by atoms with van der Waals surface area (Å²) in [5.41, 5.74) is 11.1. The summed E-state index contributed by atoms with van der Waals surface area (Å²) in [4.78, 5) is 5.45. The first-order valence-corrected chi connectivity index (χ1v) is 11.0. The SMILES string of the molecule is Cc1sc2c(c1C)C(c1ccc(Cl)cc1)=NN(Cc1cccnc1N)c1nnc(C)n1-2. The van der Waals surface area contributed by atoms with Crippen molar-refractivity contribution in [3.63, 3.8) is 0 Å². The lowest BCUT2D eigenvalue weighted by molar-refractivity contribution is 0.797. The van der Waals surface area contributed by atoms with Crippen LogP contribution in [-0.2, 0) is 6.54 Å². The van der Waals surface area contributed by atoms with E-state index in [2.05, 4.69) is 33.6 Å². The Bertz CT molecular complexity index is 1320. The first-order chi connectivity index (χ1) is 14.9. The van der Waals surface area contributed by atoms with E-state index in [0.717, 1.165) is 33.2 Å². The van der Waals surface area contributed by atoms with E-state index in [0.29, 0.717) is 23.3 Å². The topological polar surface area (TPSA) is 85.2 Å². The minimum Gasteiger partial charge on any atom is -0.383 e. The van der Waals surface area contributed by atoms with E-state index in [1.54, 1.807) is 17.5 Å². The van der Waals surface area contributed by atoms with Crippen molar-refractivity contribution in [3.8, 4) is 5.00 Å². The summed E-state index contributed by atoms with van der Waals surface area (Å²) in [6.45, 7) is 6.63. The quantitative estimate of drug-likeness (QED) is 0.491. The van der Waals surface area contributed by atoms with E-state index >= 15 is 0 Å². The summed E-state index contributed by atoms with van der Waals surface area (Å²) in [6.07, 6.45) is 1.68. The highest BCUT2D eigenvalue weighted by molar-refractivity contribution is 7.15. The largest absolute Gasteiger partial charge is 0.383 e. The molecular weight excluding hydrogens is 430 g/mol. The van der Waals surface area contributed by atoms with Crippen molar-refractivity contribution in [3.05, 3.63) is 80.6 Å².